The highest BCUT2D eigenvalue weighted by atomic mass is 28.4. The van der Waals surface area contributed by atoms with Gasteiger partial charge >= 0.3 is 8.80 Å². The zero-order valence-electron chi connectivity index (χ0n) is 11.0. The highest BCUT2D eigenvalue weighted by Crippen LogP contribution is 2.15. The van der Waals surface area contributed by atoms with E-state index >= 15 is 0 Å². The number of allylic oxidation sites excluding steroid dienone is 2. The highest BCUT2D eigenvalue weighted by Gasteiger charge is 2.36. The number of hydrogen-bond acceptors (Lipinski definition) is 4. The molecule has 0 rings (SSSR count). The van der Waals surface area contributed by atoms with Crippen molar-refractivity contribution >= 4 is 8.80 Å². The van der Waals surface area contributed by atoms with Gasteiger partial charge in [-0.3, -0.25) is 0 Å². The van der Waals surface area contributed by atoms with E-state index < -0.39 is 8.80 Å². The molecule has 0 aliphatic rings. The zero-order valence-corrected chi connectivity index (χ0v) is 12.0. The van der Waals surface area contributed by atoms with E-state index in [1.807, 2.05) is 13.0 Å². The van der Waals surface area contributed by atoms with Crippen LogP contribution in [0.2, 0.25) is 6.04 Å². The highest BCUT2D eigenvalue weighted by molar-refractivity contribution is 6.60. The predicted molar refractivity (Wildman–Crippen MR) is 66.2 cm³/mol. The molecule has 5 heteroatoms. The number of ether oxygens (including phenoxy) is 1. The van der Waals surface area contributed by atoms with Crippen LogP contribution >= 0.6 is 0 Å². The second kappa shape index (κ2) is 8.75. The molecule has 0 amide bonds. The van der Waals surface area contributed by atoms with Gasteiger partial charge in [-0.2, -0.15) is 0 Å². The number of rotatable bonds is 9. The largest absolute Gasteiger partial charge is 0.500 e. The normalized spacial score (nSPS) is 12.9. The first-order valence-electron chi connectivity index (χ1n) is 5.61. The molecule has 0 fully saturated rings. The first-order chi connectivity index (χ1) is 7.67. The average molecular weight is 248 g/mol. The maximum atomic E-state index is 5.59. The van der Waals surface area contributed by atoms with Crippen molar-refractivity contribution in [3.63, 3.8) is 0 Å². The van der Waals surface area contributed by atoms with Crippen LogP contribution in [0.1, 0.15) is 26.7 Å². The summed E-state index contributed by atoms with van der Waals surface area (Å²) in [4.78, 5) is 0. The lowest BCUT2D eigenvalue weighted by Gasteiger charge is -2.24. The van der Waals surface area contributed by atoms with Crippen molar-refractivity contribution in [3.8, 4) is 0 Å². The molecule has 0 aromatic carbocycles. The fourth-order valence-corrected chi connectivity index (χ4v) is 3.13. The van der Waals surface area contributed by atoms with Crippen LogP contribution in [0.3, 0.4) is 0 Å². The molecule has 0 bridgehead atoms. The SMILES string of the molecule is C/C=C(/CC)OCCC[Si](OC)(OC)OC. The summed E-state index contributed by atoms with van der Waals surface area (Å²) < 4.78 is 21.5. The Morgan fingerprint density at radius 2 is 1.69 bits per heavy atom. The lowest BCUT2D eigenvalue weighted by atomic mass is 10.4. The summed E-state index contributed by atoms with van der Waals surface area (Å²) in [6.45, 7) is 4.74. The Morgan fingerprint density at radius 3 is 2.06 bits per heavy atom. The molecule has 4 nitrogen and oxygen atoms in total. The molecule has 0 N–H and O–H groups in total. The first-order valence-corrected chi connectivity index (χ1v) is 7.54. The average Bonchev–Trinajstić information content (AvgIpc) is 2.35. The van der Waals surface area contributed by atoms with Crippen molar-refractivity contribution in [1.82, 2.24) is 0 Å². The van der Waals surface area contributed by atoms with Gasteiger partial charge in [0.2, 0.25) is 0 Å². The van der Waals surface area contributed by atoms with Crippen LogP contribution in [0.5, 0.6) is 0 Å². The van der Waals surface area contributed by atoms with Crippen LogP contribution in [0.25, 0.3) is 0 Å². The van der Waals surface area contributed by atoms with Crippen LogP contribution < -0.4 is 0 Å². The van der Waals surface area contributed by atoms with E-state index in [1.165, 1.54) is 0 Å². The van der Waals surface area contributed by atoms with Crippen LogP contribution in [-0.4, -0.2) is 36.7 Å². The van der Waals surface area contributed by atoms with Crippen LogP contribution in [-0.2, 0) is 18.0 Å². The van der Waals surface area contributed by atoms with Gasteiger partial charge in [-0.05, 0) is 19.4 Å². The molecule has 0 aliphatic carbocycles. The predicted octanol–water partition coefficient (Wildman–Crippen LogP) is 2.59. The zero-order chi connectivity index (χ0) is 12.4. The molecule has 0 radical (unpaired) electrons. The third-order valence-electron chi connectivity index (χ3n) is 2.52. The summed E-state index contributed by atoms with van der Waals surface area (Å²) in [6, 6.07) is 0.775. The number of hydrogen-bond donors (Lipinski definition) is 0. The monoisotopic (exact) mass is 248 g/mol. The summed E-state index contributed by atoms with van der Waals surface area (Å²) in [6.07, 6.45) is 3.80. The minimum Gasteiger partial charge on any atom is -0.498 e. The van der Waals surface area contributed by atoms with E-state index in [2.05, 4.69) is 6.92 Å². The Hall–Kier alpha value is -0.363. The minimum atomic E-state index is -2.41. The Morgan fingerprint density at radius 1 is 1.12 bits per heavy atom. The van der Waals surface area contributed by atoms with Gasteiger partial charge in [0, 0.05) is 33.8 Å². The summed E-state index contributed by atoms with van der Waals surface area (Å²) >= 11 is 0. The summed E-state index contributed by atoms with van der Waals surface area (Å²) in [7, 11) is 2.48. The quantitative estimate of drug-likeness (QED) is 0.357. The fourth-order valence-electron chi connectivity index (χ4n) is 1.44. The molecule has 0 heterocycles. The van der Waals surface area contributed by atoms with Gasteiger partial charge in [0.15, 0.2) is 0 Å². The van der Waals surface area contributed by atoms with Crippen molar-refractivity contribution in [2.45, 2.75) is 32.7 Å². The molecule has 0 aromatic rings. The van der Waals surface area contributed by atoms with Gasteiger partial charge in [-0.15, -0.1) is 0 Å². The molecule has 0 unspecified atom stereocenters. The molecule has 0 atom stereocenters. The molecule has 0 aliphatic heterocycles. The van der Waals surface area contributed by atoms with Crippen LogP contribution in [0, 0.1) is 0 Å². The summed E-state index contributed by atoms with van der Waals surface area (Å²) in [5, 5.41) is 0. The second-order valence-corrected chi connectivity index (χ2v) is 6.45. The standard InChI is InChI=1S/C11H24O4Si/c1-6-11(7-2)15-9-8-10-16(12-3,13-4)14-5/h6H,7-10H2,1-5H3/b11-6-. The Bertz CT molecular complexity index is 194. The van der Waals surface area contributed by atoms with Crippen molar-refractivity contribution < 1.29 is 18.0 Å². The Kier molecular flexibility index (Phi) is 8.55. The van der Waals surface area contributed by atoms with Crippen LogP contribution in [0.4, 0.5) is 0 Å². The van der Waals surface area contributed by atoms with Gasteiger partial charge in [0.25, 0.3) is 0 Å². The summed E-state index contributed by atoms with van der Waals surface area (Å²) in [5.74, 6) is 1.03. The summed E-state index contributed by atoms with van der Waals surface area (Å²) in [5.41, 5.74) is 0. The molecule has 16 heavy (non-hydrogen) atoms. The van der Waals surface area contributed by atoms with E-state index in [0.29, 0.717) is 6.61 Å². The van der Waals surface area contributed by atoms with E-state index in [1.54, 1.807) is 21.3 Å². The van der Waals surface area contributed by atoms with Gasteiger partial charge in [-0.25, -0.2) is 0 Å². The molecule has 0 spiro atoms. The molecule has 0 aromatic heterocycles. The molecular weight excluding hydrogens is 224 g/mol. The smallest absolute Gasteiger partial charge is 0.498 e. The maximum absolute atomic E-state index is 5.59. The van der Waals surface area contributed by atoms with Crippen molar-refractivity contribution in [3.05, 3.63) is 11.8 Å². The maximum Gasteiger partial charge on any atom is 0.500 e. The molecule has 0 saturated heterocycles. The van der Waals surface area contributed by atoms with Crippen LogP contribution in [0.15, 0.2) is 11.8 Å². The topological polar surface area (TPSA) is 36.9 Å². The lowest BCUT2D eigenvalue weighted by Crippen LogP contribution is -2.42. The van der Waals surface area contributed by atoms with Crippen molar-refractivity contribution in [2.75, 3.05) is 27.9 Å². The van der Waals surface area contributed by atoms with Gasteiger partial charge < -0.3 is 18.0 Å². The van der Waals surface area contributed by atoms with E-state index in [9.17, 15) is 0 Å². The molecule has 0 saturated carbocycles. The van der Waals surface area contributed by atoms with E-state index in [0.717, 1.165) is 24.6 Å². The second-order valence-electron chi connectivity index (χ2n) is 3.36. The minimum absolute atomic E-state index is 0.679. The van der Waals surface area contributed by atoms with Gasteiger partial charge in [0.1, 0.15) is 0 Å². The van der Waals surface area contributed by atoms with Crippen molar-refractivity contribution in [2.24, 2.45) is 0 Å². The third-order valence-corrected chi connectivity index (χ3v) is 5.35. The first kappa shape index (κ1) is 15.6. The van der Waals surface area contributed by atoms with E-state index in [4.69, 9.17) is 18.0 Å². The van der Waals surface area contributed by atoms with Gasteiger partial charge in [-0.1, -0.05) is 6.92 Å². The molecular formula is C11H24O4Si. The Balaban J connectivity index is 3.87. The third kappa shape index (κ3) is 5.11. The lowest BCUT2D eigenvalue weighted by molar-refractivity contribution is 0.118. The molecule has 96 valence electrons. The van der Waals surface area contributed by atoms with Crippen molar-refractivity contribution in [1.29, 1.82) is 0 Å². The van der Waals surface area contributed by atoms with E-state index in [-0.39, 0.29) is 0 Å². The van der Waals surface area contributed by atoms with Gasteiger partial charge in [0.05, 0.1) is 12.4 Å². The Labute approximate surface area is 99.9 Å². The fraction of sp³-hybridized carbons (Fsp3) is 0.818.